The third-order valence-corrected chi connectivity index (χ3v) is 6.57. The van der Waals surface area contributed by atoms with Gasteiger partial charge in [0.1, 0.15) is 5.83 Å². The second kappa shape index (κ2) is 7.80. The van der Waals surface area contributed by atoms with Crippen LogP contribution in [0.5, 0.6) is 0 Å². The lowest BCUT2D eigenvalue weighted by Crippen LogP contribution is -2.25. The van der Waals surface area contributed by atoms with Gasteiger partial charge in [0.15, 0.2) is 6.17 Å². The van der Waals surface area contributed by atoms with Crippen molar-refractivity contribution >= 4 is 0 Å². The fourth-order valence-corrected chi connectivity index (χ4v) is 4.89. The highest BCUT2D eigenvalue weighted by Crippen LogP contribution is 2.43. The zero-order valence-electron chi connectivity index (χ0n) is 14.7. The quantitative estimate of drug-likeness (QED) is 0.493. The first-order chi connectivity index (χ1) is 11.6. The molecule has 0 aromatic heterocycles. The van der Waals surface area contributed by atoms with E-state index in [9.17, 15) is 8.78 Å². The van der Waals surface area contributed by atoms with Crippen molar-refractivity contribution in [2.75, 3.05) is 0 Å². The molecular weight excluding hydrogens is 302 g/mol. The van der Waals surface area contributed by atoms with Gasteiger partial charge in [-0.3, -0.25) is 0 Å². The minimum atomic E-state index is -1.62. The fourth-order valence-electron chi connectivity index (χ4n) is 4.89. The normalized spacial score (nSPS) is 37.6. The molecule has 1 atom stereocenters. The van der Waals surface area contributed by atoms with Crippen LogP contribution in [-0.2, 0) is 0 Å². The summed E-state index contributed by atoms with van der Waals surface area (Å²) in [7, 11) is 0. The molecule has 0 heterocycles. The molecule has 2 fully saturated rings. The summed E-state index contributed by atoms with van der Waals surface area (Å²) in [5, 5.41) is 0. The van der Waals surface area contributed by atoms with E-state index >= 15 is 0 Å². The Labute approximate surface area is 145 Å². The van der Waals surface area contributed by atoms with Crippen LogP contribution in [-0.4, -0.2) is 6.17 Å². The summed E-state index contributed by atoms with van der Waals surface area (Å²) in [5.41, 5.74) is 0.792. The number of rotatable bonds is 4. The largest absolute Gasteiger partial charge is 0.234 e. The van der Waals surface area contributed by atoms with Gasteiger partial charge in [-0.1, -0.05) is 24.8 Å². The van der Waals surface area contributed by atoms with Crippen molar-refractivity contribution in [1.29, 1.82) is 0 Å². The molecule has 0 aromatic carbocycles. The molecule has 0 radical (unpaired) electrons. The number of alkyl halides is 1. The molecule has 1 unspecified atom stereocenters. The Bertz CT molecular complexity index is 526. The van der Waals surface area contributed by atoms with Crippen LogP contribution in [0.2, 0.25) is 0 Å². The minimum absolute atomic E-state index is 0.232. The van der Waals surface area contributed by atoms with E-state index in [1.54, 1.807) is 12.2 Å². The predicted octanol–water partition coefficient (Wildman–Crippen LogP) is 6.86. The van der Waals surface area contributed by atoms with Crippen LogP contribution in [0.4, 0.5) is 8.78 Å². The molecule has 0 N–H and O–H groups in total. The van der Waals surface area contributed by atoms with Crippen molar-refractivity contribution in [2.24, 2.45) is 23.7 Å². The average molecular weight is 332 g/mol. The third kappa shape index (κ3) is 3.90. The smallest absolute Gasteiger partial charge is 0.176 e. The highest BCUT2D eigenvalue weighted by atomic mass is 19.2. The molecule has 0 aliphatic heterocycles. The predicted molar refractivity (Wildman–Crippen MR) is 97.0 cm³/mol. The topological polar surface area (TPSA) is 0 Å². The van der Waals surface area contributed by atoms with Gasteiger partial charge in [-0.2, -0.15) is 0 Å². The van der Waals surface area contributed by atoms with E-state index in [0.29, 0.717) is 17.9 Å². The summed E-state index contributed by atoms with van der Waals surface area (Å²) < 4.78 is 27.8. The lowest BCUT2D eigenvalue weighted by atomic mass is 9.68. The maximum absolute atomic E-state index is 14.1. The molecule has 132 valence electrons. The highest BCUT2D eigenvalue weighted by molar-refractivity contribution is 5.41. The Morgan fingerprint density at radius 2 is 1.54 bits per heavy atom. The van der Waals surface area contributed by atoms with Gasteiger partial charge < -0.3 is 0 Å². The molecule has 0 saturated heterocycles. The van der Waals surface area contributed by atoms with Crippen molar-refractivity contribution in [2.45, 2.75) is 64.0 Å². The Hall–Kier alpha value is -1.18. The van der Waals surface area contributed by atoms with Gasteiger partial charge in [0.05, 0.1) is 0 Å². The van der Waals surface area contributed by atoms with Gasteiger partial charge in [-0.25, -0.2) is 8.78 Å². The van der Waals surface area contributed by atoms with Gasteiger partial charge in [-0.15, -0.1) is 6.58 Å². The summed E-state index contributed by atoms with van der Waals surface area (Å²) in [6.45, 7) is 7.49. The molecule has 2 heteroatoms. The van der Waals surface area contributed by atoms with Crippen molar-refractivity contribution in [3.8, 4) is 0 Å². The molecule has 0 amide bonds. The van der Waals surface area contributed by atoms with Crippen LogP contribution in [0, 0.1) is 23.7 Å². The van der Waals surface area contributed by atoms with Crippen LogP contribution >= 0.6 is 0 Å². The monoisotopic (exact) mass is 332 g/mol. The molecule has 0 bridgehead atoms. The van der Waals surface area contributed by atoms with E-state index < -0.39 is 12.0 Å². The van der Waals surface area contributed by atoms with E-state index in [-0.39, 0.29) is 5.57 Å². The number of halogens is 2. The first kappa shape index (κ1) is 17.6. The molecule has 3 aliphatic carbocycles. The summed E-state index contributed by atoms with van der Waals surface area (Å²) in [4.78, 5) is 0. The fraction of sp³-hybridized carbons (Fsp3) is 0.636. The average Bonchev–Trinajstić information content (AvgIpc) is 2.63. The van der Waals surface area contributed by atoms with Gasteiger partial charge in [-0.05, 0) is 92.6 Å². The third-order valence-electron chi connectivity index (χ3n) is 6.57. The van der Waals surface area contributed by atoms with E-state index in [2.05, 4.69) is 19.2 Å². The molecule has 24 heavy (non-hydrogen) atoms. The first-order valence-electron chi connectivity index (χ1n) is 9.60. The maximum atomic E-state index is 14.1. The molecule has 3 aliphatic rings. The zero-order chi connectivity index (χ0) is 17.1. The Morgan fingerprint density at radius 3 is 2.12 bits per heavy atom. The van der Waals surface area contributed by atoms with Crippen molar-refractivity contribution in [3.63, 3.8) is 0 Å². The zero-order valence-corrected chi connectivity index (χ0v) is 14.7. The summed E-state index contributed by atoms with van der Waals surface area (Å²) in [6.07, 6.45) is 14.7. The van der Waals surface area contributed by atoms with Crippen LogP contribution < -0.4 is 0 Å². The maximum Gasteiger partial charge on any atom is 0.176 e. The van der Waals surface area contributed by atoms with Gasteiger partial charge in [0, 0.05) is 0 Å². The van der Waals surface area contributed by atoms with Crippen molar-refractivity contribution in [3.05, 3.63) is 48.4 Å². The Kier molecular flexibility index (Phi) is 5.73. The molecule has 0 aromatic rings. The van der Waals surface area contributed by atoms with Crippen molar-refractivity contribution in [1.82, 2.24) is 0 Å². The number of allylic oxidation sites excluding steroid dienone is 6. The summed E-state index contributed by atoms with van der Waals surface area (Å²) in [6, 6.07) is 0. The lowest BCUT2D eigenvalue weighted by Gasteiger charge is -2.37. The Balaban J connectivity index is 1.48. The Morgan fingerprint density at radius 1 is 0.958 bits per heavy atom. The van der Waals surface area contributed by atoms with Gasteiger partial charge in [0.2, 0.25) is 0 Å². The first-order valence-corrected chi connectivity index (χ1v) is 9.60. The summed E-state index contributed by atoms with van der Waals surface area (Å²) in [5.74, 6) is 2.36. The van der Waals surface area contributed by atoms with E-state index in [0.717, 1.165) is 30.6 Å². The second-order valence-corrected chi connectivity index (χ2v) is 8.04. The van der Waals surface area contributed by atoms with Crippen LogP contribution in [0.3, 0.4) is 0 Å². The van der Waals surface area contributed by atoms with E-state index in [1.807, 2.05) is 0 Å². The molecule has 0 nitrogen and oxygen atoms in total. The van der Waals surface area contributed by atoms with E-state index in [1.165, 1.54) is 38.5 Å². The SMILES string of the molecule is C=CC1CCC(C2CCC(CC3=C(F)C(F)C(=C)C=C3)CC2)CC1. The van der Waals surface area contributed by atoms with E-state index in [4.69, 9.17) is 0 Å². The van der Waals surface area contributed by atoms with Crippen LogP contribution in [0.25, 0.3) is 0 Å². The molecule has 2 saturated carbocycles. The molecular formula is C22H30F2. The number of hydrogen-bond donors (Lipinski definition) is 0. The minimum Gasteiger partial charge on any atom is -0.234 e. The lowest BCUT2D eigenvalue weighted by molar-refractivity contribution is 0.155. The number of hydrogen-bond acceptors (Lipinski definition) is 0. The van der Waals surface area contributed by atoms with Gasteiger partial charge >= 0.3 is 0 Å². The second-order valence-electron chi connectivity index (χ2n) is 8.04. The van der Waals surface area contributed by atoms with Crippen LogP contribution in [0.15, 0.2) is 48.4 Å². The standard InChI is InChI=1S/C22H30F2/c1-3-16-5-10-18(11-6-16)19-12-7-17(8-13-19)14-20-9-4-15(2)21(23)22(20)24/h3-4,9,16-19,21H,1-2,5-8,10-14H2. The highest BCUT2D eigenvalue weighted by Gasteiger charge is 2.31. The van der Waals surface area contributed by atoms with Gasteiger partial charge in [0.25, 0.3) is 0 Å². The summed E-state index contributed by atoms with van der Waals surface area (Å²) >= 11 is 0. The molecule has 3 rings (SSSR count). The molecule has 0 spiro atoms. The van der Waals surface area contributed by atoms with Crippen molar-refractivity contribution < 1.29 is 8.78 Å². The van der Waals surface area contributed by atoms with Crippen LogP contribution in [0.1, 0.15) is 57.8 Å².